The zero-order valence-corrected chi connectivity index (χ0v) is 19.8. The van der Waals surface area contributed by atoms with Gasteiger partial charge in [-0.2, -0.15) is 0 Å². The molecule has 1 aliphatic carbocycles. The monoisotopic (exact) mass is 483 g/mol. The molecule has 182 valence electrons. The summed E-state index contributed by atoms with van der Waals surface area (Å²) in [6.45, 7) is 0. The summed E-state index contributed by atoms with van der Waals surface area (Å²) in [4.78, 5) is 29.1. The van der Waals surface area contributed by atoms with Crippen molar-refractivity contribution < 1.29 is 14.4 Å². The Morgan fingerprint density at radius 2 is 1.86 bits per heavy atom. The third kappa shape index (κ3) is 4.57. The third-order valence-electron chi connectivity index (χ3n) is 6.34. The minimum atomic E-state index is -0.478. The van der Waals surface area contributed by atoms with Gasteiger partial charge in [0.2, 0.25) is 0 Å². The highest BCUT2D eigenvalue weighted by molar-refractivity contribution is 5.81. The smallest absolute Gasteiger partial charge is 0.270 e. The summed E-state index contributed by atoms with van der Waals surface area (Å²) in [7, 11) is 1.61. The molecule has 0 radical (unpaired) electrons. The number of benzene rings is 2. The van der Waals surface area contributed by atoms with Crippen molar-refractivity contribution in [1.82, 2.24) is 9.38 Å². The van der Waals surface area contributed by atoms with Crippen LogP contribution in [0.25, 0.3) is 28.9 Å². The molecule has 0 aliphatic heterocycles. The maximum absolute atomic E-state index is 13.5. The minimum absolute atomic E-state index is 0.0972. The van der Waals surface area contributed by atoms with Gasteiger partial charge in [-0.1, -0.05) is 30.3 Å². The fourth-order valence-corrected chi connectivity index (χ4v) is 4.57. The Balaban J connectivity index is 1.65. The van der Waals surface area contributed by atoms with E-state index in [0.717, 1.165) is 31.2 Å². The fraction of sp³-hybridized carbons (Fsp3) is 0.214. The summed E-state index contributed by atoms with van der Waals surface area (Å²) in [5, 5.41) is 11.4. The molecule has 0 unspecified atom stereocenters. The average Bonchev–Trinajstić information content (AvgIpc) is 3.41. The van der Waals surface area contributed by atoms with Crippen molar-refractivity contribution in [3.63, 3.8) is 0 Å². The molecular weight excluding hydrogens is 458 g/mol. The maximum Gasteiger partial charge on any atom is 0.270 e. The van der Waals surface area contributed by atoms with Gasteiger partial charge in [0.05, 0.1) is 29.4 Å². The van der Waals surface area contributed by atoms with Gasteiger partial charge in [0.1, 0.15) is 5.65 Å². The number of fused-ring (bicyclic) bond motifs is 1. The number of nitro benzene ring substituents is 1. The van der Waals surface area contributed by atoms with Crippen LogP contribution in [0.5, 0.6) is 11.5 Å². The first-order chi connectivity index (χ1) is 17.5. The average molecular weight is 484 g/mol. The number of para-hydroxylation sites is 1. The first-order valence-corrected chi connectivity index (χ1v) is 11.8. The van der Waals surface area contributed by atoms with E-state index < -0.39 is 4.92 Å². The van der Waals surface area contributed by atoms with Gasteiger partial charge in [-0.05, 0) is 61.6 Å². The fourth-order valence-electron chi connectivity index (χ4n) is 4.57. The van der Waals surface area contributed by atoms with Crippen molar-refractivity contribution >= 4 is 23.5 Å². The Morgan fingerprint density at radius 1 is 1.06 bits per heavy atom. The number of hydrogen-bond acceptors (Lipinski definition) is 6. The lowest BCUT2D eigenvalue weighted by atomic mass is 10.0. The first-order valence-electron chi connectivity index (χ1n) is 11.8. The van der Waals surface area contributed by atoms with Crippen LogP contribution < -0.4 is 15.0 Å². The summed E-state index contributed by atoms with van der Waals surface area (Å²) in [6, 6.07) is 17.0. The van der Waals surface area contributed by atoms with Gasteiger partial charge in [0.25, 0.3) is 11.2 Å². The molecule has 0 amide bonds. The zero-order valence-electron chi connectivity index (χ0n) is 19.8. The Bertz CT molecular complexity index is 1520. The summed E-state index contributed by atoms with van der Waals surface area (Å²) >= 11 is 0. The van der Waals surface area contributed by atoms with Crippen LogP contribution in [0, 0.1) is 10.1 Å². The highest BCUT2D eigenvalue weighted by Gasteiger charge is 2.20. The lowest BCUT2D eigenvalue weighted by Crippen LogP contribution is -2.18. The lowest BCUT2D eigenvalue weighted by molar-refractivity contribution is -0.384. The normalized spacial score (nSPS) is 13.9. The topological polar surface area (TPSA) is 96.0 Å². The molecule has 4 aromatic rings. The molecule has 0 spiro atoms. The molecule has 0 saturated heterocycles. The highest BCUT2D eigenvalue weighted by atomic mass is 16.6. The zero-order chi connectivity index (χ0) is 25.1. The molecule has 1 saturated carbocycles. The number of pyridine rings is 1. The molecule has 2 heterocycles. The van der Waals surface area contributed by atoms with Crippen molar-refractivity contribution in [2.75, 3.05) is 7.11 Å². The molecule has 2 aromatic carbocycles. The number of methoxy groups -OCH3 is 1. The Morgan fingerprint density at radius 3 is 2.64 bits per heavy atom. The Kier molecular flexibility index (Phi) is 6.49. The summed E-state index contributed by atoms with van der Waals surface area (Å²) < 4.78 is 13.3. The van der Waals surface area contributed by atoms with Crippen LogP contribution in [-0.4, -0.2) is 27.5 Å². The van der Waals surface area contributed by atoms with E-state index in [1.807, 2.05) is 24.3 Å². The predicted molar refractivity (Wildman–Crippen MR) is 138 cm³/mol. The van der Waals surface area contributed by atoms with E-state index in [4.69, 9.17) is 14.5 Å². The molecule has 1 fully saturated rings. The molecule has 8 heteroatoms. The van der Waals surface area contributed by atoms with E-state index in [1.165, 1.54) is 16.5 Å². The second-order valence-corrected chi connectivity index (χ2v) is 8.65. The number of nitrogens with zero attached hydrogens (tertiary/aromatic N) is 3. The minimum Gasteiger partial charge on any atom is -0.493 e. The van der Waals surface area contributed by atoms with E-state index in [9.17, 15) is 14.9 Å². The van der Waals surface area contributed by atoms with Crippen LogP contribution >= 0.6 is 0 Å². The summed E-state index contributed by atoms with van der Waals surface area (Å²) in [6.07, 6.45) is 9.65. The van der Waals surface area contributed by atoms with E-state index in [0.29, 0.717) is 28.4 Å². The van der Waals surface area contributed by atoms with Crippen LogP contribution in [0.1, 0.15) is 36.9 Å². The number of non-ortho nitro benzene ring substituents is 1. The van der Waals surface area contributed by atoms with Crippen molar-refractivity contribution in [2.24, 2.45) is 0 Å². The Hall–Kier alpha value is -4.46. The number of rotatable bonds is 7. The number of ether oxygens (including phenoxy) is 2. The molecule has 5 rings (SSSR count). The molecule has 0 bridgehead atoms. The summed E-state index contributed by atoms with van der Waals surface area (Å²) in [5.74, 6) is 1.28. The van der Waals surface area contributed by atoms with E-state index in [2.05, 4.69) is 0 Å². The number of nitro groups is 1. The van der Waals surface area contributed by atoms with Gasteiger partial charge in [0, 0.05) is 23.9 Å². The van der Waals surface area contributed by atoms with Crippen LogP contribution in [0.3, 0.4) is 0 Å². The second-order valence-electron chi connectivity index (χ2n) is 8.65. The third-order valence-corrected chi connectivity index (χ3v) is 6.34. The van der Waals surface area contributed by atoms with Crippen LogP contribution in [-0.2, 0) is 0 Å². The molecule has 36 heavy (non-hydrogen) atoms. The summed E-state index contributed by atoms with van der Waals surface area (Å²) in [5.41, 5.74) is 1.97. The van der Waals surface area contributed by atoms with E-state index in [-0.39, 0.29) is 22.9 Å². The van der Waals surface area contributed by atoms with E-state index in [1.54, 1.807) is 49.7 Å². The quantitative estimate of drug-likeness (QED) is 0.245. The Labute approximate surface area is 207 Å². The van der Waals surface area contributed by atoms with E-state index >= 15 is 0 Å². The van der Waals surface area contributed by atoms with Gasteiger partial charge in [-0.25, -0.2) is 4.98 Å². The van der Waals surface area contributed by atoms with Crippen LogP contribution in [0.4, 0.5) is 5.69 Å². The maximum atomic E-state index is 13.5. The SMILES string of the molecule is COc1cccc(C=Cc2nc3ccccn3c(=O)c2-c2cccc([N+](=O)[O-])c2)c1OC1CCCC1. The molecule has 1 aliphatic rings. The molecule has 0 atom stereocenters. The standard InChI is InChI=1S/C28H25N3O5/c1-35-24-13-7-8-19(27(24)36-22-11-2-3-12-22)15-16-23-26(20-9-6-10-21(18-20)31(33)34)28(32)30-17-5-4-14-25(30)29-23/h4-10,13-18,22H,2-3,11-12H2,1H3. The predicted octanol–water partition coefficient (Wildman–Crippen LogP) is 5.77. The number of aromatic nitrogens is 2. The molecule has 8 nitrogen and oxygen atoms in total. The van der Waals surface area contributed by atoms with Gasteiger partial charge in [-0.15, -0.1) is 0 Å². The van der Waals surface area contributed by atoms with Gasteiger partial charge < -0.3 is 9.47 Å². The first kappa shape index (κ1) is 23.3. The molecular formula is C28H25N3O5. The highest BCUT2D eigenvalue weighted by Crippen LogP contribution is 2.36. The van der Waals surface area contributed by atoms with Gasteiger partial charge >= 0.3 is 0 Å². The van der Waals surface area contributed by atoms with Crippen molar-refractivity contribution in [1.29, 1.82) is 0 Å². The largest absolute Gasteiger partial charge is 0.493 e. The lowest BCUT2D eigenvalue weighted by Gasteiger charge is -2.18. The number of hydrogen-bond donors (Lipinski definition) is 0. The van der Waals surface area contributed by atoms with Crippen molar-refractivity contribution in [3.05, 3.63) is 98.6 Å². The second kappa shape index (κ2) is 10.0. The van der Waals surface area contributed by atoms with Gasteiger partial charge in [-0.3, -0.25) is 19.3 Å². The molecule has 2 aromatic heterocycles. The van der Waals surface area contributed by atoms with Crippen molar-refractivity contribution in [2.45, 2.75) is 31.8 Å². The van der Waals surface area contributed by atoms with Crippen molar-refractivity contribution in [3.8, 4) is 22.6 Å². The van der Waals surface area contributed by atoms with Gasteiger partial charge in [0.15, 0.2) is 11.5 Å². The molecule has 0 N–H and O–H groups in total. The van der Waals surface area contributed by atoms with Crippen LogP contribution in [0.2, 0.25) is 0 Å². The van der Waals surface area contributed by atoms with Crippen LogP contribution in [0.15, 0.2) is 71.7 Å².